The van der Waals surface area contributed by atoms with Gasteiger partial charge in [-0.05, 0) is 61.8 Å². The molecule has 1 spiro atoms. The number of carboxylic acids is 1. The van der Waals surface area contributed by atoms with Gasteiger partial charge in [-0.25, -0.2) is 0 Å². The van der Waals surface area contributed by atoms with Crippen molar-refractivity contribution in [2.45, 2.75) is 39.0 Å². The molecule has 1 amide bonds. The van der Waals surface area contributed by atoms with Crippen molar-refractivity contribution in [1.82, 2.24) is 4.90 Å². The molecule has 25 heavy (non-hydrogen) atoms. The monoisotopic (exact) mass is 365 g/mol. The average molecular weight is 366 g/mol. The molecule has 2 fully saturated rings. The molecule has 3 rings (SSSR count). The molecule has 1 aromatic rings. The van der Waals surface area contributed by atoms with E-state index in [4.69, 9.17) is 21.4 Å². The first-order valence-corrected chi connectivity index (χ1v) is 9.19. The number of carbonyl (C=O) groups excluding carboxylic acids is 1. The van der Waals surface area contributed by atoms with Crippen LogP contribution in [0.3, 0.4) is 0 Å². The highest BCUT2D eigenvalue weighted by Crippen LogP contribution is 2.59. The Bertz CT molecular complexity index is 667. The molecule has 0 bridgehead atoms. The molecule has 1 aromatic carbocycles. The Morgan fingerprint density at radius 2 is 2.08 bits per heavy atom. The third-order valence-corrected chi connectivity index (χ3v) is 5.96. The number of carbonyl (C=O) groups is 2. The van der Waals surface area contributed by atoms with Gasteiger partial charge < -0.3 is 14.7 Å². The van der Waals surface area contributed by atoms with E-state index in [1.165, 1.54) is 0 Å². The van der Waals surface area contributed by atoms with E-state index < -0.39 is 5.97 Å². The van der Waals surface area contributed by atoms with E-state index in [1.807, 2.05) is 30.0 Å². The Kier molecular flexibility index (Phi) is 5.23. The van der Waals surface area contributed by atoms with Crippen LogP contribution in [0.2, 0.25) is 5.02 Å². The summed E-state index contributed by atoms with van der Waals surface area (Å²) < 4.78 is 5.67. The van der Waals surface area contributed by atoms with Crippen LogP contribution in [-0.4, -0.2) is 41.6 Å². The number of benzene rings is 1. The van der Waals surface area contributed by atoms with Crippen molar-refractivity contribution in [3.8, 4) is 5.75 Å². The second kappa shape index (κ2) is 7.24. The lowest BCUT2D eigenvalue weighted by atomic mass is 9.90. The Morgan fingerprint density at radius 3 is 2.68 bits per heavy atom. The topological polar surface area (TPSA) is 66.8 Å². The molecule has 0 aromatic heterocycles. The number of halogens is 1. The van der Waals surface area contributed by atoms with Gasteiger partial charge in [0.25, 0.3) is 0 Å². The number of aryl methyl sites for hydroxylation is 1. The van der Waals surface area contributed by atoms with Crippen LogP contribution in [0.15, 0.2) is 18.2 Å². The maximum Gasteiger partial charge on any atom is 0.307 e. The van der Waals surface area contributed by atoms with Gasteiger partial charge in [-0.15, -0.1) is 0 Å². The molecule has 1 heterocycles. The summed E-state index contributed by atoms with van der Waals surface area (Å²) in [7, 11) is 0. The first-order valence-electron chi connectivity index (χ1n) is 8.81. The SMILES string of the molecule is Cc1cc(OCCCC(=O)N2CCC3(CC2)CC3C(=O)O)ccc1Cl. The maximum absolute atomic E-state index is 12.3. The number of nitrogens with zero attached hydrogens (tertiary/aromatic N) is 1. The van der Waals surface area contributed by atoms with Gasteiger partial charge in [0, 0.05) is 24.5 Å². The van der Waals surface area contributed by atoms with Gasteiger partial charge in [-0.2, -0.15) is 0 Å². The first-order chi connectivity index (χ1) is 11.9. The Morgan fingerprint density at radius 1 is 1.36 bits per heavy atom. The fourth-order valence-electron chi connectivity index (χ4n) is 3.73. The lowest BCUT2D eigenvalue weighted by Crippen LogP contribution is -2.40. The Balaban J connectivity index is 1.36. The minimum atomic E-state index is -0.686. The van der Waals surface area contributed by atoms with Crippen molar-refractivity contribution >= 4 is 23.5 Å². The van der Waals surface area contributed by atoms with Gasteiger partial charge in [0.1, 0.15) is 5.75 Å². The second-order valence-electron chi connectivity index (χ2n) is 7.20. The number of carboxylic acid groups (broad SMARTS) is 1. The van der Waals surface area contributed by atoms with Crippen LogP contribution >= 0.6 is 11.6 Å². The number of amides is 1. The van der Waals surface area contributed by atoms with Gasteiger partial charge in [-0.1, -0.05) is 11.6 Å². The summed E-state index contributed by atoms with van der Waals surface area (Å²) in [5, 5.41) is 9.83. The molecular weight excluding hydrogens is 342 g/mol. The van der Waals surface area contributed by atoms with E-state index in [9.17, 15) is 9.59 Å². The fraction of sp³-hybridized carbons (Fsp3) is 0.579. The molecule has 1 unspecified atom stereocenters. The molecule has 1 saturated carbocycles. The van der Waals surface area contributed by atoms with E-state index in [0.717, 1.165) is 30.6 Å². The predicted molar refractivity (Wildman–Crippen MR) is 94.9 cm³/mol. The van der Waals surface area contributed by atoms with Crippen LogP contribution in [0.4, 0.5) is 0 Å². The van der Waals surface area contributed by atoms with Crippen molar-refractivity contribution < 1.29 is 19.4 Å². The van der Waals surface area contributed by atoms with Crippen molar-refractivity contribution in [3.63, 3.8) is 0 Å². The van der Waals surface area contributed by atoms with Crippen LogP contribution in [0.1, 0.15) is 37.7 Å². The number of rotatable bonds is 6. The number of aliphatic carboxylic acids is 1. The molecular formula is C19H24ClNO4. The molecule has 2 aliphatic rings. The lowest BCUT2D eigenvalue weighted by molar-refractivity contribution is -0.139. The highest BCUT2D eigenvalue weighted by Gasteiger charge is 2.59. The van der Waals surface area contributed by atoms with Crippen LogP contribution in [-0.2, 0) is 9.59 Å². The summed E-state index contributed by atoms with van der Waals surface area (Å²) in [4.78, 5) is 25.2. The van der Waals surface area contributed by atoms with Crippen molar-refractivity contribution in [1.29, 1.82) is 0 Å². The molecule has 0 radical (unpaired) electrons. The van der Waals surface area contributed by atoms with E-state index in [0.29, 0.717) is 37.6 Å². The normalized spacial score (nSPS) is 21.2. The third-order valence-electron chi connectivity index (χ3n) is 5.53. The minimum Gasteiger partial charge on any atom is -0.494 e. The summed E-state index contributed by atoms with van der Waals surface area (Å²) in [6.07, 6.45) is 3.53. The molecule has 1 aliphatic carbocycles. The number of piperidine rings is 1. The average Bonchev–Trinajstić information content (AvgIpc) is 3.29. The zero-order valence-electron chi connectivity index (χ0n) is 14.5. The van der Waals surface area contributed by atoms with Crippen molar-refractivity contribution in [3.05, 3.63) is 28.8 Å². The quantitative estimate of drug-likeness (QED) is 0.783. The molecule has 136 valence electrons. The molecule has 1 saturated heterocycles. The van der Waals surface area contributed by atoms with E-state index in [2.05, 4.69) is 0 Å². The van der Waals surface area contributed by atoms with Crippen molar-refractivity contribution in [2.24, 2.45) is 11.3 Å². The molecule has 1 atom stereocenters. The largest absolute Gasteiger partial charge is 0.494 e. The molecule has 1 N–H and O–H groups in total. The Labute approximate surface area is 152 Å². The van der Waals surface area contributed by atoms with Gasteiger partial charge in [-0.3, -0.25) is 9.59 Å². The minimum absolute atomic E-state index is 0.0296. The predicted octanol–water partition coefficient (Wildman–Crippen LogP) is 3.52. The smallest absolute Gasteiger partial charge is 0.307 e. The van der Waals surface area contributed by atoms with Crippen molar-refractivity contribution in [2.75, 3.05) is 19.7 Å². The zero-order chi connectivity index (χ0) is 18.0. The highest BCUT2D eigenvalue weighted by molar-refractivity contribution is 6.31. The Hall–Kier alpha value is -1.75. The lowest BCUT2D eigenvalue weighted by Gasteiger charge is -2.32. The van der Waals surface area contributed by atoms with Gasteiger partial charge in [0.15, 0.2) is 0 Å². The third kappa shape index (κ3) is 4.09. The summed E-state index contributed by atoms with van der Waals surface area (Å²) in [5.74, 6) is 0.0244. The van der Waals surface area contributed by atoms with Crippen LogP contribution in [0.25, 0.3) is 0 Å². The van der Waals surface area contributed by atoms with E-state index >= 15 is 0 Å². The molecule has 5 nitrogen and oxygen atoms in total. The second-order valence-corrected chi connectivity index (χ2v) is 7.61. The first kappa shape index (κ1) is 18.1. The summed E-state index contributed by atoms with van der Waals surface area (Å²) in [5.41, 5.74) is 0.940. The van der Waals surface area contributed by atoms with Gasteiger partial charge in [0.05, 0.1) is 12.5 Å². The highest BCUT2D eigenvalue weighted by atomic mass is 35.5. The molecule has 1 aliphatic heterocycles. The van der Waals surface area contributed by atoms with E-state index in [1.54, 1.807) is 0 Å². The van der Waals surface area contributed by atoms with Gasteiger partial charge >= 0.3 is 5.97 Å². The van der Waals surface area contributed by atoms with Crippen LogP contribution < -0.4 is 4.74 Å². The van der Waals surface area contributed by atoms with Crippen LogP contribution in [0.5, 0.6) is 5.75 Å². The standard InChI is InChI=1S/C19H24ClNO4/c1-13-11-14(4-5-16(13)20)25-10-2-3-17(22)21-8-6-19(7-9-21)12-15(19)18(23)24/h4-5,11,15H,2-3,6-10,12H2,1H3,(H,23,24). The number of hydrogen-bond acceptors (Lipinski definition) is 3. The number of likely N-dealkylation sites (tertiary alicyclic amines) is 1. The summed E-state index contributed by atoms with van der Waals surface area (Å²) >= 11 is 5.98. The van der Waals surface area contributed by atoms with E-state index in [-0.39, 0.29) is 17.2 Å². The number of hydrogen-bond donors (Lipinski definition) is 1. The maximum atomic E-state index is 12.3. The van der Waals surface area contributed by atoms with Crippen LogP contribution in [0, 0.1) is 18.3 Å². The summed E-state index contributed by atoms with van der Waals surface area (Å²) in [6.45, 7) is 3.78. The summed E-state index contributed by atoms with van der Waals surface area (Å²) in [6, 6.07) is 5.53. The van der Waals surface area contributed by atoms with Gasteiger partial charge in [0.2, 0.25) is 5.91 Å². The number of ether oxygens (including phenoxy) is 1. The molecule has 6 heteroatoms. The fourth-order valence-corrected chi connectivity index (χ4v) is 3.85. The zero-order valence-corrected chi connectivity index (χ0v) is 15.2.